The Balaban J connectivity index is 2.14. The van der Waals surface area contributed by atoms with E-state index >= 15 is 0 Å². The fraction of sp³-hybridized carbons (Fsp3) is 0.462. The van der Waals surface area contributed by atoms with Crippen molar-refractivity contribution in [2.45, 2.75) is 13.5 Å². The SMILES string of the molecule is CC(=O)N1CCN(c2cccc(N)c2CN)CC1. The Morgan fingerprint density at radius 1 is 1.28 bits per heavy atom. The quantitative estimate of drug-likeness (QED) is 0.743. The van der Waals surface area contributed by atoms with Crippen LogP contribution in [0.25, 0.3) is 0 Å². The van der Waals surface area contributed by atoms with Gasteiger partial charge >= 0.3 is 0 Å². The van der Waals surface area contributed by atoms with Crippen LogP contribution in [0, 0.1) is 0 Å². The third kappa shape index (κ3) is 2.41. The molecule has 0 saturated carbocycles. The van der Waals surface area contributed by atoms with Gasteiger partial charge in [0.15, 0.2) is 0 Å². The van der Waals surface area contributed by atoms with Crippen LogP contribution >= 0.6 is 0 Å². The van der Waals surface area contributed by atoms with Crippen molar-refractivity contribution in [2.24, 2.45) is 5.73 Å². The molecular formula is C13H20N4O. The van der Waals surface area contributed by atoms with Gasteiger partial charge in [-0.25, -0.2) is 0 Å². The van der Waals surface area contributed by atoms with Crippen molar-refractivity contribution in [2.75, 3.05) is 36.8 Å². The number of benzene rings is 1. The number of hydrogen-bond acceptors (Lipinski definition) is 4. The Bertz CT molecular complexity index is 439. The Morgan fingerprint density at radius 3 is 2.50 bits per heavy atom. The van der Waals surface area contributed by atoms with Crippen molar-refractivity contribution >= 4 is 17.3 Å². The molecule has 0 bridgehead atoms. The van der Waals surface area contributed by atoms with Crippen LogP contribution in [0.4, 0.5) is 11.4 Å². The van der Waals surface area contributed by atoms with Gasteiger partial charge in [-0.2, -0.15) is 0 Å². The number of nitrogens with two attached hydrogens (primary N) is 2. The molecule has 1 aromatic carbocycles. The Hall–Kier alpha value is -1.75. The maximum absolute atomic E-state index is 11.3. The molecule has 0 aromatic heterocycles. The molecule has 5 nitrogen and oxygen atoms in total. The van der Waals surface area contributed by atoms with Gasteiger partial charge in [-0.05, 0) is 12.1 Å². The highest BCUT2D eigenvalue weighted by Gasteiger charge is 2.20. The predicted octanol–water partition coefficient (Wildman–Crippen LogP) is 0.396. The fourth-order valence-electron chi connectivity index (χ4n) is 2.37. The average Bonchev–Trinajstić information content (AvgIpc) is 2.38. The summed E-state index contributed by atoms with van der Waals surface area (Å²) in [5.41, 5.74) is 14.5. The van der Waals surface area contributed by atoms with Crippen molar-refractivity contribution in [1.29, 1.82) is 0 Å². The van der Waals surface area contributed by atoms with Crippen molar-refractivity contribution in [1.82, 2.24) is 4.90 Å². The Kier molecular flexibility index (Phi) is 3.72. The smallest absolute Gasteiger partial charge is 0.219 e. The summed E-state index contributed by atoms with van der Waals surface area (Å²) in [6, 6.07) is 5.86. The summed E-state index contributed by atoms with van der Waals surface area (Å²) in [6.45, 7) is 5.23. The largest absolute Gasteiger partial charge is 0.398 e. The molecule has 4 N–H and O–H groups in total. The predicted molar refractivity (Wildman–Crippen MR) is 73.2 cm³/mol. The van der Waals surface area contributed by atoms with Gasteiger partial charge in [0.2, 0.25) is 5.91 Å². The molecule has 1 aliphatic rings. The third-order valence-electron chi connectivity index (χ3n) is 3.46. The summed E-state index contributed by atoms with van der Waals surface area (Å²) >= 11 is 0. The molecule has 98 valence electrons. The molecule has 1 amide bonds. The number of nitrogens with zero attached hydrogens (tertiary/aromatic N) is 2. The summed E-state index contributed by atoms with van der Waals surface area (Å²) in [5.74, 6) is 0.140. The topological polar surface area (TPSA) is 75.6 Å². The number of carbonyl (C=O) groups excluding carboxylic acids is 1. The number of rotatable bonds is 2. The van der Waals surface area contributed by atoms with Crippen molar-refractivity contribution in [3.8, 4) is 0 Å². The summed E-state index contributed by atoms with van der Waals surface area (Å²) in [5, 5.41) is 0. The minimum atomic E-state index is 0.140. The average molecular weight is 248 g/mol. The maximum atomic E-state index is 11.3. The van der Waals surface area contributed by atoms with Gasteiger partial charge < -0.3 is 21.3 Å². The van der Waals surface area contributed by atoms with E-state index < -0.39 is 0 Å². The number of carbonyl (C=O) groups is 1. The summed E-state index contributed by atoms with van der Waals surface area (Å²) in [4.78, 5) is 15.4. The van der Waals surface area contributed by atoms with Crippen LogP contribution in [0.5, 0.6) is 0 Å². The van der Waals surface area contributed by atoms with E-state index in [4.69, 9.17) is 11.5 Å². The van der Waals surface area contributed by atoms with Gasteiger partial charge in [-0.15, -0.1) is 0 Å². The van der Waals surface area contributed by atoms with E-state index in [1.54, 1.807) is 6.92 Å². The molecule has 0 atom stereocenters. The molecule has 2 rings (SSSR count). The summed E-state index contributed by atoms with van der Waals surface area (Å²) in [7, 11) is 0. The van der Waals surface area contributed by atoms with Gasteiger partial charge in [0.25, 0.3) is 0 Å². The summed E-state index contributed by atoms with van der Waals surface area (Å²) < 4.78 is 0. The highest BCUT2D eigenvalue weighted by molar-refractivity contribution is 5.74. The van der Waals surface area contributed by atoms with Crippen LogP contribution in [0.15, 0.2) is 18.2 Å². The number of nitrogen functional groups attached to an aromatic ring is 1. The normalized spacial score (nSPS) is 15.9. The van der Waals surface area contributed by atoms with Gasteiger partial charge in [0, 0.05) is 56.6 Å². The molecule has 1 heterocycles. The second-order valence-electron chi connectivity index (χ2n) is 4.54. The monoisotopic (exact) mass is 248 g/mol. The molecule has 0 aliphatic carbocycles. The molecule has 1 aromatic rings. The lowest BCUT2D eigenvalue weighted by molar-refractivity contribution is -0.129. The zero-order valence-electron chi connectivity index (χ0n) is 10.7. The van der Waals surface area contributed by atoms with Crippen LogP contribution in [0.2, 0.25) is 0 Å². The van der Waals surface area contributed by atoms with Gasteiger partial charge in [-0.1, -0.05) is 6.07 Å². The number of amides is 1. The molecule has 5 heteroatoms. The second kappa shape index (κ2) is 5.27. The minimum absolute atomic E-state index is 0.140. The first-order chi connectivity index (χ1) is 8.63. The summed E-state index contributed by atoms with van der Waals surface area (Å²) in [6.07, 6.45) is 0. The lowest BCUT2D eigenvalue weighted by Gasteiger charge is -2.36. The number of hydrogen-bond donors (Lipinski definition) is 2. The Morgan fingerprint density at radius 2 is 1.94 bits per heavy atom. The first kappa shape index (κ1) is 12.7. The van der Waals surface area contributed by atoms with E-state index in [1.165, 1.54) is 0 Å². The van der Waals surface area contributed by atoms with Crippen molar-refractivity contribution < 1.29 is 4.79 Å². The standard InChI is InChI=1S/C13H20N4O/c1-10(18)16-5-7-17(8-6-16)13-4-2-3-12(15)11(13)9-14/h2-4H,5-9,14-15H2,1H3. The molecule has 1 saturated heterocycles. The number of piperazine rings is 1. The van der Waals surface area contributed by atoms with Crippen molar-refractivity contribution in [3.63, 3.8) is 0 Å². The van der Waals surface area contributed by atoms with E-state index in [0.717, 1.165) is 43.1 Å². The maximum Gasteiger partial charge on any atom is 0.219 e. The minimum Gasteiger partial charge on any atom is -0.398 e. The molecule has 0 radical (unpaired) electrons. The molecular weight excluding hydrogens is 228 g/mol. The Labute approximate surface area is 107 Å². The van der Waals surface area contributed by atoms with Gasteiger partial charge in [-0.3, -0.25) is 4.79 Å². The van der Waals surface area contributed by atoms with E-state index in [0.29, 0.717) is 6.54 Å². The molecule has 0 spiro atoms. The molecule has 1 fully saturated rings. The van der Waals surface area contributed by atoms with E-state index in [-0.39, 0.29) is 5.91 Å². The van der Waals surface area contributed by atoms with Gasteiger partial charge in [0.05, 0.1) is 0 Å². The third-order valence-corrected chi connectivity index (χ3v) is 3.46. The van der Waals surface area contributed by atoms with Crippen LogP contribution in [-0.4, -0.2) is 37.0 Å². The van der Waals surface area contributed by atoms with Crippen LogP contribution in [-0.2, 0) is 11.3 Å². The van der Waals surface area contributed by atoms with E-state index in [1.807, 2.05) is 23.1 Å². The molecule has 1 aliphatic heterocycles. The zero-order valence-corrected chi connectivity index (χ0v) is 10.7. The fourth-order valence-corrected chi connectivity index (χ4v) is 2.37. The highest BCUT2D eigenvalue weighted by atomic mass is 16.2. The highest BCUT2D eigenvalue weighted by Crippen LogP contribution is 2.26. The first-order valence-electron chi connectivity index (χ1n) is 6.21. The first-order valence-corrected chi connectivity index (χ1v) is 6.21. The van der Waals surface area contributed by atoms with Crippen LogP contribution in [0.3, 0.4) is 0 Å². The van der Waals surface area contributed by atoms with Crippen molar-refractivity contribution in [3.05, 3.63) is 23.8 Å². The van der Waals surface area contributed by atoms with Crippen LogP contribution < -0.4 is 16.4 Å². The number of anilines is 2. The van der Waals surface area contributed by atoms with Crippen LogP contribution in [0.1, 0.15) is 12.5 Å². The van der Waals surface area contributed by atoms with E-state index in [2.05, 4.69) is 4.90 Å². The lowest BCUT2D eigenvalue weighted by atomic mass is 10.1. The molecule has 18 heavy (non-hydrogen) atoms. The second-order valence-corrected chi connectivity index (χ2v) is 4.54. The zero-order chi connectivity index (χ0) is 13.1. The molecule has 0 unspecified atom stereocenters. The van der Waals surface area contributed by atoms with E-state index in [9.17, 15) is 4.79 Å². The van der Waals surface area contributed by atoms with Gasteiger partial charge in [0.1, 0.15) is 0 Å². The lowest BCUT2D eigenvalue weighted by Crippen LogP contribution is -2.48.